The molecule has 1 fully saturated rings. The fraction of sp³-hybridized carbons (Fsp3) is 0.588. The van der Waals surface area contributed by atoms with Crippen LogP contribution in [0.5, 0.6) is 0 Å². The fourth-order valence-corrected chi connectivity index (χ4v) is 2.78. The second-order valence-corrected chi connectivity index (χ2v) is 5.77. The number of carbonyl (C=O) groups is 1. The zero-order valence-corrected chi connectivity index (χ0v) is 12.1. The Morgan fingerprint density at radius 2 is 1.80 bits per heavy atom. The van der Waals surface area contributed by atoms with E-state index in [9.17, 15) is 9.90 Å². The zero-order chi connectivity index (χ0) is 14.2. The number of aryl methyl sites for hydroxylation is 1. The number of hydrogen-bond donors (Lipinski definition) is 2. The van der Waals surface area contributed by atoms with Crippen molar-refractivity contribution in [2.45, 2.75) is 63.5 Å². The van der Waals surface area contributed by atoms with E-state index >= 15 is 0 Å². The van der Waals surface area contributed by atoms with Crippen LogP contribution in [0.15, 0.2) is 30.3 Å². The summed E-state index contributed by atoms with van der Waals surface area (Å²) in [4.78, 5) is 11.8. The molecule has 0 aromatic heterocycles. The molecule has 0 aliphatic heterocycles. The average molecular weight is 275 g/mol. The molecule has 1 aliphatic carbocycles. The van der Waals surface area contributed by atoms with Crippen LogP contribution in [0.4, 0.5) is 0 Å². The SMILES string of the molecule is O=C(CCCCc1ccccc1)N[C@H]1CC[C@H](O)CC1. The molecule has 1 aromatic carbocycles. The van der Waals surface area contributed by atoms with E-state index in [-0.39, 0.29) is 18.1 Å². The number of benzene rings is 1. The van der Waals surface area contributed by atoms with Gasteiger partial charge in [0.25, 0.3) is 0 Å². The normalized spacial score (nSPS) is 22.4. The maximum atomic E-state index is 11.8. The van der Waals surface area contributed by atoms with Crippen molar-refractivity contribution >= 4 is 5.91 Å². The van der Waals surface area contributed by atoms with Crippen LogP contribution >= 0.6 is 0 Å². The quantitative estimate of drug-likeness (QED) is 0.784. The maximum Gasteiger partial charge on any atom is 0.220 e. The van der Waals surface area contributed by atoms with E-state index in [1.54, 1.807) is 0 Å². The minimum atomic E-state index is -0.158. The minimum Gasteiger partial charge on any atom is -0.393 e. The van der Waals surface area contributed by atoms with Gasteiger partial charge in [-0.2, -0.15) is 0 Å². The van der Waals surface area contributed by atoms with Crippen molar-refractivity contribution < 1.29 is 9.90 Å². The Bertz CT molecular complexity index is 397. The molecule has 0 radical (unpaired) electrons. The third-order valence-electron chi connectivity index (χ3n) is 4.02. The molecule has 2 N–H and O–H groups in total. The fourth-order valence-electron chi connectivity index (χ4n) is 2.78. The molecular formula is C17H25NO2. The Labute approximate surface area is 121 Å². The Morgan fingerprint density at radius 1 is 1.10 bits per heavy atom. The van der Waals surface area contributed by atoms with Gasteiger partial charge in [0.15, 0.2) is 0 Å². The highest BCUT2D eigenvalue weighted by molar-refractivity contribution is 5.76. The molecule has 1 aliphatic rings. The van der Waals surface area contributed by atoms with Crippen LogP contribution < -0.4 is 5.32 Å². The molecule has 1 aromatic rings. The predicted molar refractivity (Wildman–Crippen MR) is 80.4 cm³/mol. The van der Waals surface area contributed by atoms with E-state index in [1.165, 1.54) is 5.56 Å². The summed E-state index contributed by atoms with van der Waals surface area (Å²) in [5.41, 5.74) is 1.34. The van der Waals surface area contributed by atoms with Crippen molar-refractivity contribution in [2.75, 3.05) is 0 Å². The van der Waals surface area contributed by atoms with E-state index in [2.05, 4.69) is 29.6 Å². The van der Waals surface area contributed by atoms with E-state index in [4.69, 9.17) is 0 Å². The van der Waals surface area contributed by atoms with E-state index in [0.717, 1.165) is 44.9 Å². The first-order chi connectivity index (χ1) is 9.74. The lowest BCUT2D eigenvalue weighted by Crippen LogP contribution is -2.38. The Hall–Kier alpha value is -1.35. The number of nitrogens with one attached hydrogen (secondary N) is 1. The molecule has 0 atom stereocenters. The number of aliphatic hydroxyl groups excluding tert-OH is 1. The van der Waals surface area contributed by atoms with Gasteiger partial charge in [-0.05, 0) is 50.5 Å². The minimum absolute atomic E-state index is 0.158. The van der Waals surface area contributed by atoms with Crippen molar-refractivity contribution in [1.82, 2.24) is 5.32 Å². The zero-order valence-electron chi connectivity index (χ0n) is 12.1. The van der Waals surface area contributed by atoms with Crippen LogP contribution in [0.2, 0.25) is 0 Å². The lowest BCUT2D eigenvalue weighted by molar-refractivity contribution is -0.122. The summed E-state index contributed by atoms with van der Waals surface area (Å²) in [6, 6.07) is 10.7. The molecule has 0 spiro atoms. The molecule has 0 unspecified atom stereocenters. The maximum absolute atomic E-state index is 11.8. The van der Waals surface area contributed by atoms with Crippen LogP contribution in [0.3, 0.4) is 0 Å². The molecule has 2 rings (SSSR count). The standard InChI is InChI=1S/C17H25NO2/c19-16-12-10-15(11-13-16)18-17(20)9-5-4-8-14-6-2-1-3-7-14/h1-3,6-7,15-16,19H,4-5,8-13H2,(H,18,20)/t15-,16-. The van der Waals surface area contributed by atoms with Gasteiger partial charge >= 0.3 is 0 Å². The van der Waals surface area contributed by atoms with Crippen molar-refractivity contribution in [3.05, 3.63) is 35.9 Å². The van der Waals surface area contributed by atoms with Gasteiger partial charge in [-0.3, -0.25) is 4.79 Å². The first-order valence-corrected chi connectivity index (χ1v) is 7.75. The Morgan fingerprint density at radius 3 is 2.50 bits per heavy atom. The molecule has 1 amide bonds. The third-order valence-corrected chi connectivity index (χ3v) is 4.02. The summed E-state index contributed by atoms with van der Waals surface area (Å²) >= 11 is 0. The monoisotopic (exact) mass is 275 g/mol. The van der Waals surface area contributed by atoms with Crippen molar-refractivity contribution in [3.63, 3.8) is 0 Å². The van der Waals surface area contributed by atoms with Gasteiger partial charge < -0.3 is 10.4 Å². The smallest absolute Gasteiger partial charge is 0.220 e. The topological polar surface area (TPSA) is 49.3 Å². The average Bonchev–Trinajstić information content (AvgIpc) is 2.47. The van der Waals surface area contributed by atoms with E-state index in [1.807, 2.05) is 6.07 Å². The number of rotatable bonds is 6. The summed E-state index contributed by atoms with van der Waals surface area (Å²) < 4.78 is 0. The predicted octanol–water partition coefficient (Wildman–Crippen LogP) is 2.82. The third kappa shape index (κ3) is 5.33. The number of carbonyl (C=O) groups excluding carboxylic acids is 1. The molecule has 0 heterocycles. The van der Waals surface area contributed by atoms with Crippen LogP contribution in [-0.2, 0) is 11.2 Å². The van der Waals surface area contributed by atoms with Crippen LogP contribution in [0, 0.1) is 0 Å². The van der Waals surface area contributed by atoms with Gasteiger partial charge in [-0.1, -0.05) is 30.3 Å². The second kappa shape index (κ2) is 8.05. The van der Waals surface area contributed by atoms with Gasteiger partial charge in [-0.15, -0.1) is 0 Å². The molecule has 0 bridgehead atoms. The van der Waals surface area contributed by atoms with Gasteiger partial charge in [-0.25, -0.2) is 0 Å². The summed E-state index contributed by atoms with van der Waals surface area (Å²) in [5.74, 6) is 0.166. The highest BCUT2D eigenvalue weighted by Gasteiger charge is 2.20. The summed E-state index contributed by atoms with van der Waals surface area (Å²) in [6.07, 6.45) is 6.96. The number of amides is 1. The molecular weight excluding hydrogens is 250 g/mol. The lowest BCUT2D eigenvalue weighted by Gasteiger charge is -2.26. The van der Waals surface area contributed by atoms with Gasteiger partial charge in [0.2, 0.25) is 5.91 Å². The van der Waals surface area contributed by atoms with Crippen molar-refractivity contribution in [3.8, 4) is 0 Å². The molecule has 3 heteroatoms. The van der Waals surface area contributed by atoms with E-state index < -0.39 is 0 Å². The molecule has 20 heavy (non-hydrogen) atoms. The second-order valence-electron chi connectivity index (χ2n) is 5.77. The van der Waals surface area contributed by atoms with Crippen LogP contribution in [-0.4, -0.2) is 23.2 Å². The Balaban J connectivity index is 1.56. The number of unbranched alkanes of at least 4 members (excludes halogenated alkanes) is 1. The first kappa shape index (κ1) is 15.0. The van der Waals surface area contributed by atoms with Gasteiger partial charge in [0.05, 0.1) is 6.10 Å². The van der Waals surface area contributed by atoms with Gasteiger partial charge in [0, 0.05) is 12.5 Å². The van der Waals surface area contributed by atoms with Gasteiger partial charge in [0.1, 0.15) is 0 Å². The highest BCUT2D eigenvalue weighted by atomic mass is 16.3. The number of aliphatic hydroxyl groups is 1. The highest BCUT2D eigenvalue weighted by Crippen LogP contribution is 2.18. The van der Waals surface area contributed by atoms with Crippen molar-refractivity contribution in [2.24, 2.45) is 0 Å². The van der Waals surface area contributed by atoms with Crippen LogP contribution in [0.1, 0.15) is 50.5 Å². The van der Waals surface area contributed by atoms with Crippen LogP contribution in [0.25, 0.3) is 0 Å². The summed E-state index contributed by atoms with van der Waals surface area (Å²) in [5, 5.41) is 12.5. The first-order valence-electron chi connectivity index (χ1n) is 7.75. The lowest BCUT2D eigenvalue weighted by atomic mass is 9.93. The van der Waals surface area contributed by atoms with Crippen molar-refractivity contribution in [1.29, 1.82) is 0 Å². The summed E-state index contributed by atoms with van der Waals surface area (Å²) in [6.45, 7) is 0. The Kier molecular flexibility index (Phi) is 6.06. The molecule has 0 saturated heterocycles. The number of hydrogen-bond acceptors (Lipinski definition) is 2. The molecule has 1 saturated carbocycles. The molecule has 3 nitrogen and oxygen atoms in total. The largest absolute Gasteiger partial charge is 0.393 e. The summed E-state index contributed by atoms with van der Waals surface area (Å²) in [7, 11) is 0. The molecule has 110 valence electrons. The van der Waals surface area contributed by atoms with E-state index in [0.29, 0.717) is 6.42 Å².